The van der Waals surface area contributed by atoms with Crippen molar-refractivity contribution in [2.24, 2.45) is 0 Å². The molecule has 100 valence electrons. The molecule has 2 aromatic heterocycles. The maximum Gasteiger partial charge on any atom is 0.252 e. The number of para-hydroxylation sites is 1. The summed E-state index contributed by atoms with van der Waals surface area (Å²) in [6.07, 6.45) is 0.714. The van der Waals surface area contributed by atoms with E-state index >= 15 is 0 Å². The van der Waals surface area contributed by atoms with Crippen LogP contribution in [-0.2, 0) is 6.42 Å². The Labute approximate surface area is 120 Å². The fraction of sp³-hybridized carbons (Fsp3) is 0.0556. The molecular weight excluding hydrogens is 260 g/mol. The van der Waals surface area contributed by atoms with Crippen LogP contribution in [0.4, 0.5) is 0 Å². The Morgan fingerprint density at radius 3 is 2.62 bits per heavy atom. The van der Waals surface area contributed by atoms with E-state index in [1.165, 1.54) is 11.1 Å². The van der Waals surface area contributed by atoms with Gasteiger partial charge in [-0.05, 0) is 17.2 Å². The van der Waals surface area contributed by atoms with Gasteiger partial charge in [0.2, 0.25) is 0 Å². The molecule has 0 saturated carbocycles. The molecule has 0 unspecified atom stereocenters. The Hall–Kier alpha value is -2.81. The molecule has 0 fully saturated rings. The standard InChI is InChI=1S/C18H12N2O/c21-18-13-9-10-5-1-2-6-11(10)15(13)17-16(20-18)12-7-3-4-8-14(12)19-17/h1-8,19H,9H2,(H,20,21). The van der Waals surface area contributed by atoms with Gasteiger partial charge in [0.05, 0.1) is 11.0 Å². The van der Waals surface area contributed by atoms with Crippen molar-refractivity contribution in [2.75, 3.05) is 0 Å². The van der Waals surface area contributed by atoms with Crippen LogP contribution in [0, 0.1) is 0 Å². The second-order valence-electron chi connectivity index (χ2n) is 5.56. The summed E-state index contributed by atoms with van der Waals surface area (Å²) in [6, 6.07) is 16.3. The van der Waals surface area contributed by atoms with Crippen molar-refractivity contribution in [3.05, 3.63) is 70.0 Å². The lowest BCUT2D eigenvalue weighted by Gasteiger charge is -2.02. The quantitative estimate of drug-likeness (QED) is 0.445. The first kappa shape index (κ1) is 10.9. The van der Waals surface area contributed by atoms with Crippen molar-refractivity contribution in [1.82, 2.24) is 9.97 Å². The molecule has 3 nitrogen and oxygen atoms in total. The molecule has 0 spiro atoms. The fourth-order valence-electron chi connectivity index (χ4n) is 3.49. The second kappa shape index (κ2) is 3.64. The monoisotopic (exact) mass is 272 g/mol. The summed E-state index contributed by atoms with van der Waals surface area (Å²) >= 11 is 0. The van der Waals surface area contributed by atoms with Crippen LogP contribution in [0.15, 0.2) is 53.3 Å². The van der Waals surface area contributed by atoms with Gasteiger partial charge in [-0.2, -0.15) is 0 Å². The minimum absolute atomic E-state index is 0.0263. The van der Waals surface area contributed by atoms with Crippen LogP contribution in [-0.4, -0.2) is 9.97 Å². The molecule has 0 radical (unpaired) electrons. The molecule has 0 bridgehead atoms. The maximum atomic E-state index is 12.5. The van der Waals surface area contributed by atoms with Crippen molar-refractivity contribution in [3.63, 3.8) is 0 Å². The molecule has 2 heterocycles. The highest BCUT2D eigenvalue weighted by atomic mass is 16.1. The lowest BCUT2D eigenvalue weighted by atomic mass is 10.1. The number of nitrogens with one attached hydrogen (secondary N) is 2. The average Bonchev–Trinajstić information content (AvgIpc) is 3.06. The van der Waals surface area contributed by atoms with Crippen LogP contribution < -0.4 is 5.56 Å². The molecule has 4 aromatic rings. The highest BCUT2D eigenvalue weighted by Crippen LogP contribution is 2.40. The van der Waals surface area contributed by atoms with Crippen molar-refractivity contribution in [3.8, 4) is 11.1 Å². The summed E-state index contributed by atoms with van der Waals surface area (Å²) < 4.78 is 0. The van der Waals surface area contributed by atoms with Gasteiger partial charge in [-0.1, -0.05) is 42.5 Å². The topological polar surface area (TPSA) is 48.6 Å². The largest absolute Gasteiger partial charge is 0.353 e. The van der Waals surface area contributed by atoms with Crippen molar-refractivity contribution in [2.45, 2.75) is 6.42 Å². The van der Waals surface area contributed by atoms with Gasteiger partial charge >= 0.3 is 0 Å². The lowest BCUT2D eigenvalue weighted by molar-refractivity contribution is 1.17. The lowest BCUT2D eigenvalue weighted by Crippen LogP contribution is -2.11. The van der Waals surface area contributed by atoms with E-state index in [-0.39, 0.29) is 5.56 Å². The van der Waals surface area contributed by atoms with Gasteiger partial charge in [-0.25, -0.2) is 0 Å². The Morgan fingerprint density at radius 1 is 0.857 bits per heavy atom. The van der Waals surface area contributed by atoms with E-state index in [9.17, 15) is 4.79 Å². The van der Waals surface area contributed by atoms with E-state index < -0.39 is 0 Å². The first-order valence-electron chi connectivity index (χ1n) is 7.07. The minimum atomic E-state index is 0.0263. The van der Waals surface area contributed by atoms with Gasteiger partial charge in [0, 0.05) is 28.5 Å². The molecule has 0 amide bonds. The molecule has 0 saturated heterocycles. The summed E-state index contributed by atoms with van der Waals surface area (Å²) in [5, 5.41) is 1.07. The SMILES string of the molecule is O=c1[nH]c2c([nH]c3ccccc32)c2c1Cc1ccccc1-2. The summed E-state index contributed by atoms with van der Waals surface area (Å²) in [5.74, 6) is 0. The number of rotatable bonds is 0. The molecule has 0 aliphatic heterocycles. The Morgan fingerprint density at radius 2 is 1.67 bits per heavy atom. The summed E-state index contributed by atoms with van der Waals surface area (Å²) in [5.41, 5.74) is 7.37. The number of H-pyrrole nitrogens is 2. The van der Waals surface area contributed by atoms with E-state index in [1.807, 2.05) is 36.4 Å². The van der Waals surface area contributed by atoms with Crippen LogP contribution >= 0.6 is 0 Å². The molecule has 2 aromatic carbocycles. The van der Waals surface area contributed by atoms with Gasteiger partial charge in [-0.15, -0.1) is 0 Å². The third-order valence-corrected chi connectivity index (χ3v) is 4.42. The van der Waals surface area contributed by atoms with E-state index in [0.717, 1.165) is 33.1 Å². The zero-order chi connectivity index (χ0) is 14.0. The van der Waals surface area contributed by atoms with Crippen LogP contribution in [0.1, 0.15) is 11.1 Å². The molecule has 1 aliphatic rings. The zero-order valence-corrected chi connectivity index (χ0v) is 11.2. The van der Waals surface area contributed by atoms with E-state index in [0.29, 0.717) is 6.42 Å². The van der Waals surface area contributed by atoms with E-state index in [1.54, 1.807) is 0 Å². The molecule has 0 atom stereocenters. The average molecular weight is 272 g/mol. The van der Waals surface area contributed by atoms with E-state index in [4.69, 9.17) is 0 Å². The molecule has 2 N–H and O–H groups in total. The van der Waals surface area contributed by atoms with Gasteiger partial charge < -0.3 is 9.97 Å². The minimum Gasteiger partial charge on any atom is -0.353 e. The predicted octanol–water partition coefficient (Wildman–Crippen LogP) is 3.58. The van der Waals surface area contributed by atoms with Gasteiger partial charge in [0.1, 0.15) is 0 Å². The van der Waals surface area contributed by atoms with Gasteiger partial charge in [-0.3, -0.25) is 4.79 Å². The second-order valence-corrected chi connectivity index (χ2v) is 5.56. The number of aromatic amines is 2. The summed E-state index contributed by atoms with van der Waals surface area (Å²) in [7, 11) is 0. The first-order chi connectivity index (χ1) is 10.3. The molecule has 21 heavy (non-hydrogen) atoms. The zero-order valence-electron chi connectivity index (χ0n) is 11.2. The smallest absolute Gasteiger partial charge is 0.252 e. The van der Waals surface area contributed by atoms with Crippen LogP contribution in [0.2, 0.25) is 0 Å². The van der Waals surface area contributed by atoms with Crippen molar-refractivity contribution < 1.29 is 0 Å². The summed E-state index contributed by atoms with van der Waals surface area (Å²) in [4.78, 5) is 19.0. The number of pyridine rings is 1. The fourth-order valence-corrected chi connectivity index (χ4v) is 3.49. The maximum absolute atomic E-state index is 12.5. The first-order valence-corrected chi connectivity index (χ1v) is 7.07. The highest BCUT2D eigenvalue weighted by Gasteiger charge is 2.25. The number of fused-ring (bicyclic) bond motifs is 7. The van der Waals surface area contributed by atoms with Gasteiger partial charge in [0.15, 0.2) is 0 Å². The third-order valence-electron chi connectivity index (χ3n) is 4.42. The van der Waals surface area contributed by atoms with Gasteiger partial charge in [0.25, 0.3) is 5.56 Å². The van der Waals surface area contributed by atoms with Crippen molar-refractivity contribution >= 4 is 21.9 Å². The van der Waals surface area contributed by atoms with Crippen LogP contribution in [0.25, 0.3) is 33.1 Å². The number of benzene rings is 2. The molecule has 1 aliphatic carbocycles. The van der Waals surface area contributed by atoms with Crippen LogP contribution in [0.3, 0.4) is 0 Å². The Bertz CT molecular complexity index is 1090. The van der Waals surface area contributed by atoms with E-state index in [2.05, 4.69) is 22.1 Å². The predicted molar refractivity (Wildman–Crippen MR) is 84.7 cm³/mol. The summed E-state index contributed by atoms with van der Waals surface area (Å²) in [6.45, 7) is 0. The Balaban J connectivity index is 2.05. The molecule has 5 rings (SSSR count). The normalized spacial score (nSPS) is 12.8. The number of hydrogen-bond donors (Lipinski definition) is 2. The number of aromatic nitrogens is 2. The van der Waals surface area contributed by atoms with Crippen molar-refractivity contribution in [1.29, 1.82) is 0 Å². The third kappa shape index (κ3) is 1.30. The highest BCUT2D eigenvalue weighted by molar-refractivity contribution is 6.11. The van der Waals surface area contributed by atoms with Crippen LogP contribution in [0.5, 0.6) is 0 Å². The molecule has 3 heteroatoms. The molecular formula is C18H12N2O. The number of hydrogen-bond acceptors (Lipinski definition) is 1. The Kier molecular flexibility index (Phi) is 1.89.